The van der Waals surface area contributed by atoms with E-state index in [2.05, 4.69) is 10.2 Å². The van der Waals surface area contributed by atoms with Crippen LogP contribution >= 0.6 is 11.8 Å². The zero-order valence-electron chi connectivity index (χ0n) is 17.7. The van der Waals surface area contributed by atoms with Crippen LogP contribution in [-0.4, -0.2) is 41.4 Å². The molecule has 2 aromatic carbocycles. The van der Waals surface area contributed by atoms with E-state index in [4.69, 9.17) is 4.42 Å². The Morgan fingerprint density at radius 1 is 1.09 bits per heavy atom. The second-order valence-electron chi connectivity index (χ2n) is 7.25. The third kappa shape index (κ3) is 4.92. The smallest absolute Gasteiger partial charge is 0.267 e. The Hall–Kier alpha value is -3.78. The van der Waals surface area contributed by atoms with E-state index in [1.807, 2.05) is 55.4 Å². The highest BCUT2D eigenvalue weighted by Gasteiger charge is 2.34. The summed E-state index contributed by atoms with van der Waals surface area (Å²) in [5, 5.41) is 18.7. The molecule has 4 rings (SSSR count). The van der Waals surface area contributed by atoms with Crippen molar-refractivity contribution in [1.82, 2.24) is 4.90 Å². The lowest BCUT2D eigenvalue weighted by molar-refractivity contribution is -0.122. The fourth-order valence-corrected chi connectivity index (χ4v) is 3.97. The van der Waals surface area contributed by atoms with E-state index in [-0.39, 0.29) is 18.2 Å². The van der Waals surface area contributed by atoms with Crippen LogP contribution in [0.3, 0.4) is 0 Å². The van der Waals surface area contributed by atoms with Crippen LogP contribution in [0.25, 0.3) is 6.08 Å². The van der Waals surface area contributed by atoms with Crippen molar-refractivity contribution in [2.24, 2.45) is 10.2 Å². The molecule has 0 saturated carbocycles. The summed E-state index contributed by atoms with van der Waals surface area (Å²) >= 11 is 1.25. The third-order valence-electron chi connectivity index (χ3n) is 4.77. The number of hydrogen-bond acceptors (Lipinski definition) is 7. The number of carbonyl (C=O) groups is 1. The molecular weight excluding hydrogens is 424 g/mol. The molecule has 0 aliphatic carbocycles. The first-order valence-electron chi connectivity index (χ1n) is 9.91. The Labute approximate surface area is 190 Å². The largest absolute Gasteiger partial charge is 0.507 e. The van der Waals surface area contributed by atoms with E-state index < -0.39 is 0 Å². The molecule has 8 heteroatoms. The lowest BCUT2D eigenvalue weighted by Gasteiger charge is -2.12. The third-order valence-corrected chi connectivity index (χ3v) is 5.76. The Morgan fingerprint density at radius 3 is 2.56 bits per heavy atom. The van der Waals surface area contributed by atoms with Gasteiger partial charge in [-0.15, -0.1) is 5.10 Å². The summed E-state index contributed by atoms with van der Waals surface area (Å²) in [6.45, 7) is 0.251. The summed E-state index contributed by atoms with van der Waals surface area (Å²) in [5.74, 6) is 0.591. The number of amides is 1. The lowest BCUT2D eigenvalue weighted by Crippen LogP contribution is -2.28. The van der Waals surface area contributed by atoms with Crippen molar-refractivity contribution in [2.75, 3.05) is 19.0 Å². The summed E-state index contributed by atoms with van der Waals surface area (Å²) in [6, 6.07) is 18.4. The molecule has 3 aromatic rings. The summed E-state index contributed by atoms with van der Waals surface area (Å²) in [7, 11) is 3.96. The number of anilines is 1. The number of hydrogen-bond donors (Lipinski definition) is 1. The molecule has 162 valence electrons. The van der Waals surface area contributed by atoms with Gasteiger partial charge in [-0.2, -0.15) is 5.10 Å². The van der Waals surface area contributed by atoms with Crippen molar-refractivity contribution in [2.45, 2.75) is 6.54 Å². The quantitative estimate of drug-likeness (QED) is 0.341. The minimum atomic E-state index is -0.167. The van der Waals surface area contributed by atoms with Crippen molar-refractivity contribution in [3.8, 4) is 5.75 Å². The molecule has 1 saturated heterocycles. The van der Waals surface area contributed by atoms with Gasteiger partial charge in [0.25, 0.3) is 5.91 Å². The topological polar surface area (TPSA) is 81.6 Å². The Balaban J connectivity index is 1.61. The number of aromatic hydroxyl groups is 1. The van der Waals surface area contributed by atoms with Crippen LogP contribution < -0.4 is 4.90 Å². The van der Waals surface area contributed by atoms with Crippen molar-refractivity contribution in [1.29, 1.82) is 0 Å². The summed E-state index contributed by atoms with van der Waals surface area (Å²) in [6.07, 6.45) is 4.87. The molecule has 0 spiro atoms. The zero-order valence-corrected chi connectivity index (χ0v) is 18.5. The number of benzene rings is 2. The average molecular weight is 447 g/mol. The zero-order chi connectivity index (χ0) is 22.5. The number of phenolic OH excluding ortho intramolecular Hbond substituents is 1. The van der Waals surface area contributed by atoms with Gasteiger partial charge in [-0.1, -0.05) is 24.3 Å². The fraction of sp³-hybridized carbons (Fsp3) is 0.125. The standard InChI is InChI=1S/C24H22N4O3S/c1-27(2)19-11-9-17(10-12-19)14-22-23(30)28(16-20-7-5-13-31-20)24(32-22)26-25-15-18-6-3-4-8-21(18)29/h3-15,29H,16H2,1-2H3/b22-14-,25-15-,26-24+. The summed E-state index contributed by atoms with van der Waals surface area (Å²) < 4.78 is 5.42. The van der Waals surface area contributed by atoms with Crippen LogP contribution in [0.15, 0.2) is 86.5 Å². The van der Waals surface area contributed by atoms with Gasteiger partial charge in [0.1, 0.15) is 11.5 Å². The SMILES string of the molecule is CN(C)c1ccc(/C=C2\S/C(=N/N=C\c3ccccc3O)N(Cc3ccco3)C2=O)cc1. The molecule has 32 heavy (non-hydrogen) atoms. The van der Waals surface area contributed by atoms with Crippen LogP contribution in [0.4, 0.5) is 5.69 Å². The predicted octanol–water partition coefficient (Wildman–Crippen LogP) is 4.56. The summed E-state index contributed by atoms with van der Waals surface area (Å²) in [4.78, 5) is 17.2. The van der Waals surface area contributed by atoms with E-state index in [0.29, 0.717) is 21.4 Å². The van der Waals surface area contributed by atoms with Gasteiger partial charge >= 0.3 is 0 Å². The molecule has 0 atom stereocenters. The molecule has 7 nitrogen and oxygen atoms in total. The molecule has 0 radical (unpaired) electrons. The summed E-state index contributed by atoms with van der Waals surface area (Å²) in [5.41, 5.74) is 2.54. The maximum Gasteiger partial charge on any atom is 0.267 e. The van der Waals surface area contributed by atoms with Crippen LogP contribution in [0.2, 0.25) is 0 Å². The van der Waals surface area contributed by atoms with E-state index in [1.165, 1.54) is 22.9 Å². The molecule has 1 N–H and O–H groups in total. The number of rotatable bonds is 6. The van der Waals surface area contributed by atoms with Gasteiger partial charge in [-0.3, -0.25) is 9.69 Å². The van der Waals surface area contributed by atoms with Crippen LogP contribution in [0.1, 0.15) is 16.9 Å². The first kappa shape index (κ1) is 21.5. The minimum absolute atomic E-state index is 0.112. The van der Waals surface area contributed by atoms with Crippen molar-refractivity contribution in [3.05, 3.63) is 88.7 Å². The normalized spacial score (nSPS) is 16.6. The van der Waals surface area contributed by atoms with Gasteiger partial charge in [0.05, 0.1) is 23.9 Å². The number of para-hydroxylation sites is 1. The van der Waals surface area contributed by atoms with E-state index in [0.717, 1.165) is 11.3 Å². The van der Waals surface area contributed by atoms with Gasteiger partial charge < -0.3 is 14.4 Å². The molecule has 1 aliphatic rings. The molecule has 1 aliphatic heterocycles. The number of nitrogens with zero attached hydrogens (tertiary/aromatic N) is 4. The van der Waals surface area contributed by atoms with Crippen LogP contribution in [-0.2, 0) is 11.3 Å². The van der Waals surface area contributed by atoms with E-state index in [1.54, 1.807) is 36.6 Å². The van der Waals surface area contributed by atoms with Gasteiger partial charge in [0.2, 0.25) is 0 Å². The first-order chi connectivity index (χ1) is 15.5. The number of furan rings is 1. The monoisotopic (exact) mass is 446 g/mol. The van der Waals surface area contributed by atoms with Crippen molar-refractivity contribution < 1.29 is 14.3 Å². The van der Waals surface area contributed by atoms with Crippen molar-refractivity contribution in [3.63, 3.8) is 0 Å². The molecule has 1 aromatic heterocycles. The van der Waals surface area contributed by atoms with Crippen molar-refractivity contribution >= 4 is 40.8 Å². The highest BCUT2D eigenvalue weighted by Crippen LogP contribution is 2.34. The highest BCUT2D eigenvalue weighted by atomic mass is 32.2. The fourth-order valence-electron chi connectivity index (χ4n) is 3.04. The van der Waals surface area contributed by atoms with Gasteiger partial charge in [-0.25, -0.2) is 0 Å². The van der Waals surface area contributed by atoms with Gasteiger partial charge in [0, 0.05) is 25.3 Å². The average Bonchev–Trinajstić information content (AvgIpc) is 3.40. The van der Waals surface area contributed by atoms with E-state index in [9.17, 15) is 9.90 Å². The molecule has 2 heterocycles. The second-order valence-corrected chi connectivity index (χ2v) is 8.26. The maximum absolute atomic E-state index is 13.1. The van der Waals surface area contributed by atoms with E-state index >= 15 is 0 Å². The number of phenols is 1. The van der Waals surface area contributed by atoms with Gasteiger partial charge in [-0.05, 0) is 59.8 Å². The Kier molecular flexibility index (Phi) is 6.42. The second kappa shape index (κ2) is 9.57. The van der Waals surface area contributed by atoms with Crippen LogP contribution in [0.5, 0.6) is 5.75 Å². The Bertz CT molecular complexity index is 1180. The minimum Gasteiger partial charge on any atom is -0.507 e. The highest BCUT2D eigenvalue weighted by molar-refractivity contribution is 8.18. The van der Waals surface area contributed by atoms with Crippen LogP contribution in [0, 0.1) is 0 Å². The Morgan fingerprint density at radius 2 is 1.88 bits per heavy atom. The maximum atomic E-state index is 13.1. The number of carbonyl (C=O) groups excluding carboxylic acids is 1. The molecule has 1 amide bonds. The molecule has 0 unspecified atom stereocenters. The molecule has 0 bridgehead atoms. The number of thioether (sulfide) groups is 1. The van der Waals surface area contributed by atoms with Gasteiger partial charge in [0.15, 0.2) is 5.17 Å². The number of amidine groups is 1. The lowest BCUT2D eigenvalue weighted by atomic mass is 10.2. The molecule has 1 fully saturated rings. The molecular formula is C24H22N4O3S. The first-order valence-corrected chi connectivity index (χ1v) is 10.7. The predicted molar refractivity (Wildman–Crippen MR) is 129 cm³/mol.